The summed E-state index contributed by atoms with van der Waals surface area (Å²) >= 11 is 1.57. The number of nitrogens with zero attached hydrogens (tertiary/aromatic N) is 1. The summed E-state index contributed by atoms with van der Waals surface area (Å²) in [5.74, 6) is 0.0335. The van der Waals surface area contributed by atoms with Gasteiger partial charge in [-0.1, -0.05) is 57.2 Å². The second-order valence-electron chi connectivity index (χ2n) is 8.30. The van der Waals surface area contributed by atoms with E-state index in [4.69, 9.17) is 10.7 Å². The molecular formula is C25H32N4O2S. The standard InChI is InChI=1S/C25H32N4O2S/c1-4-23(30)28-21(25(31)27-19(15-26)12-17-8-6-5-7-9-17)14-24-29-20-11-10-18(16(2)3)13-22(20)32-24/h5-11,13,16,19,21H,4,12,14-15,26H2,1-3H3,(H,27,31)(H,28,30)/t19-,21+/m1/s1. The highest BCUT2D eigenvalue weighted by molar-refractivity contribution is 7.18. The predicted octanol–water partition coefficient (Wildman–Crippen LogP) is 3.54. The van der Waals surface area contributed by atoms with Crippen molar-refractivity contribution in [1.82, 2.24) is 15.6 Å². The fourth-order valence-electron chi connectivity index (χ4n) is 3.51. The lowest BCUT2D eigenvalue weighted by Crippen LogP contribution is -2.52. The number of nitrogens with one attached hydrogen (secondary N) is 2. The minimum absolute atomic E-state index is 0.166. The molecule has 4 N–H and O–H groups in total. The maximum Gasteiger partial charge on any atom is 0.243 e. The Morgan fingerprint density at radius 3 is 2.47 bits per heavy atom. The van der Waals surface area contributed by atoms with Gasteiger partial charge in [0.1, 0.15) is 6.04 Å². The zero-order chi connectivity index (χ0) is 23.1. The summed E-state index contributed by atoms with van der Waals surface area (Å²) in [6.45, 7) is 6.40. The Kier molecular flexibility index (Phi) is 8.36. The maximum atomic E-state index is 13.1. The number of thiazole rings is 1. The summed E-state index contributed by atoms with van der Waals surface area (Å²) in [7, 11) is 0. The molecule has 170 valence electrons. The fraction of sp³-hybridized carbons (Fsp3) is 0.400. The number of aromatic nitrogens is 1. The van der Waals surface area contributed by atoms with E-state index in [1.165, 1.54) is 5.56 Å². The molecule has 0 aliphatic carbocycles. The highest BCUT2D eigenvalue weighted by Crippen LogP contribution is 2.27. The van der Waals surface area contributed by atoms with Gasteiger partial charge >= 0.3 is 0 Å². The van der Waals surface area contributed by atoms with E-state index in [1.807, 2.05) is 36.4 Å². The summed E-state index contributed by atoms with van der Waals surface area (Å²) < 4.78 is 1.09. The summed E-state index contributed by atoms with van der Waals surface area (Å²) in [4.78, 5) is 29.9. The van der Waals surface area contributed by atoms with Gasteiger partial charge in [-0.05, 0) is 35.6 Å². The van der Waals surface area contributed by atoms with Crippen molar-refractivity contribution in [3.05, 3.63) is 64.7 Å². The molecule has 2 aromatic carbocycles. The third kappa shape index (κ3) is 6.37. The fourth-order valence-corrected chi connectivity index (χ4v) is 4.57. The Labute approximate surface area is 193 Å². The molecule has 7 heteroatoms. The first-order valence-corrected chi connectivity index (χ1v) is 11.9. The van der Waals surface area contributed by atoms with E-state index >= 15 is 0 Å². The van der Waals surface area contributed by atoms with Gasteiger partial charge in [0.2, 0.25) is 11.8 Å². The van der Waals surface area contributed by atoms with Crippen molar-refractivity contribution < 1.29 is 9.59 Å². The molecule has 6 nitrogen and oxygen atoms in total. The SMILES string of the molecule is CCC(=O)N[C@@H](Cc1nc2ccc(C(C)C)cc2s1)C(=O)N[C@@H](CN)Cc1ccccc1. The first kappa shape index (κ1) is 23.9. The molecule has 32 heavy (non-hydrogen) atoms. The van der Waals surface area contributed by atoms with E-state index < -0.39 is 6.04 Å². The number of carbonyl (C=O) groups excluding carboxylic acids is 2. The normalized spacial score (nSPS) is 13.2. The summed E-state index contributed by atoms with van der Waals surface area (Å²) in [6.07, 6.45) is 1.29. The molecule has 3 rings (SSSR count). The molecule has 0 unspecified atom stereocenters. The minimum atomic E-state index is -0.697. The number of rotatable bonds is 10. The van der Waals surface area contributed by atoms with Crippen LogP contribution in [0, 0.1) is 0 Å². The molecule has 1 aromatic heterocycles. The Balaban J connectivity index is 1.75. The van der Waals surface area contributed by atoms with E-state index in [1.54, 1.807) is 18.3 Å². The first-order chi connectivity index (χ1) is 15.4. The lowest BCUT2D eigenvalue weighted by atomic mass is 10.0. The molecule has 0 bridgehead atoms. The summed E-state index contributed by atoms with van der Waals surface area (Å²) in [5, 5.41) is 6.70. The average Bonchev–Trinajstić information content (AvgIpc) is 3.20. The Morgan fingerprint density at radius 1 is 1.06 bits per heavy atom. The lowest BCUT2D eigenvalue weighted by Gasteiger charge is -2.22. The number of hydrogen-bond donors (Lipinski definition) is 3. The van der Waals surface area contributed by atoms with E-state index in [0.717, 1.165) is 20.8 Å². The van der Waals surface area contributed by atoms with Crippen molar-refractivity contribution in [1.29, 1.82) is 0 Å². The molecule has 0 aliphatic heterocycles. The van der Waals surface area contributed by atoms with Crippen LogP contribution in [0.5, 0.6) is 0 Å². The minimum Gasteiger partial charge on any atom is -0.350 e. The predicted molar refractivity (Wildman–Crippen MR) is 131 cm³/mol. The molecule has 0 fully saturated rings. The van der Waals surface area contributed by atoms with Gasteiger partial charge in [-0.25, -0.2) is 4.98 Å². The zero-order valence-electron chi connectivity index (χ0n) is 18.9. The van der Waals surface area contributed by atoms with E-state index in [0.29, 0.717) is 31.7 Å². The van der Waals surface area contributed by atoms with Gasteiger partial charge < -0.3 is 16.4 Å². The zero-order valence-corrected chi connectivity index (χ0v) is 19.7. The second-order valence-corrected chi connectivity index (χ2v) is 9.41. The van der Waals surface area contributed by atoms with E-state index in [-0.39, 0.29) is 17.9 Å². The van der Waals surface area contributed by atoms with Gasteiger partial charge in [0, 0.05) is 25.4 Å². The average molecular weight is 453 g/mol. The van der Waals surface area contributed by atoms with Crippen LogP contribution in [0.2, 0.25) is 0 Å². The largest absolute Gasteiger partial charge is 0.350 e. The second kappa shape index (κ2) is 11.2. The summed E-state index contributed by atoms with van der Waals surface area (Å²) in [5.41, 5.74) is 9.20. The van der Waals surface area contributed by atoms with Crippen LogP contribution < -0.4 is 16.4 Å². The van der Waals surface area contributed by atoms with E-state index in [2.05, 4.69) is 36.6 Å². The van der Waals surface area contributed by atoms with Crippen LogP contribution in [0.15, 0.2) is 48.5 Å². The van der Waals surface area contributed by atoms with Gasteiger partial charge in [-0.2, -0.15) is 0 Å². The molecule has 3 aromatic rings. The highest BCUT2D eigenvalue weighted by atomic mass is 32.1. The number of benzene rings is 2. The Hall–Kier alpha value is -2.77. The van der Waals surface area contributed by atoms with Crippen LogP contribution in [0.25, 0.3) is 10.2 Å². The van der Waals surface area contributed by atoms with Gasteiger partial charge in [0.15, 0.2) is 0 Å². The topological polar surface area (TPSA) is 97.1 Å². The van der Waals surface area contributed by atoms with Crippen molar-refractivity contribution in [2.75, 3.05) is 6.54 Å². The molecule has 0 spiro atoms. The van der Waals surface area contributed by atoms with Gasteiger partial charge in [-0.3, -0.25) is 9.59 Å². The number of amides is 2. The number of carbonyl (C=O) groups is 2. The molecular weight excluding hydrogens is 420 g/mol. The maximum absolute atomic E-state index is 13.1. The van der Waals surface area contributed by atoms with Crippen molar-refractivity contribution in [3.8, 4) is 0 Å². The monoisotopic (exact) mass is 452 g/mol. The number of fused-ring (bicyclic) bond motifs is 1. The third-order valence-corrected chi connectivity index (χ3v) is 6.47. The Morgan fingerprint density at radius 2 is 1.81 bits per heavy atom. The molecule has 1 heterocycles. The molecule has 0 saturated carbocycles. The molecule has 0 radical (unpaired) electrons. The van der Waals surface area contributed by atoms with E-state index in [9.17, 15) is 9.59 Å². The molecule has 2 atom stereocenters. The first-order valence-electron chi connectivity index (χ1n) is 11.1. The molecule has 0 aliphatic rings. The van der Waals surface area contributed by atoms with Crippen LogP contribution in [-0.2, 0) is 22.4 Å². The van der Waals surface area contributed by atoms with Crippen LogP contribution in [-0.4, -0.2) is 35.4 Å². The lowest BCUT2D eigenvalue weighted by molar-refractivity contribution is -0.129. The van der Waals surface area contributed by atoms with Crippen LogP contribution >= 0.6 is 11.3 Å². The van der Waals surface area contributed by atoms with Crippen molar-refractivity contribution >= 4 is 33.4 Å². The molecule has 0 saturated heterocycles. The van der Waals surface area contributed by atoms with Gasteiger partial charge in [-0.15, -0.1) is 11.3 Å². The molecule has 2 amide bonds. The third-order valence-electron chi connectivity index (χ3n) is 5.43. The highest BCUT2D eigenvalue weighted by Gasteiger charge is 2.24. The van der Waals surface area contributed by atoms with Crippen molar-refractivity contribution in [2.45, 2.75) is 58.0 Å². The van der Waals surface area contributed by atoms with Gasteiger partial charge in [0.25, 0.3) is 0 Å². The number of hydrogen-bond acceptors (Lipinski definition) is 5. The smallest absolute Gasteiger partial charge is 0.243 e. The quantitative estimate of drug-likeness (QED) is 0.438. The van der Waals surface area contributed by atoms with Crippen molar-refractivity contribution in [3.63, 3.8) is 0 Å². The van der Waals surface area contributed by atoms with Crippen LogP contribution in [0.3, 0.4) is 0 Å². The van der Waals surface area contributed by atoms with Gasteiger partial charge in [0.05, 0.1) is 15.2 Å². The summed E-state index contributed by atoms with van der Waals surface area (Å²) in [6, 6.07) is 15.3. The van der Waals surface area contributed by atoms with Crippen LogP contribution in [0.4, 0.5) is 0 Å². The van der Waals surface area contributed by atoms with Crippen molar-refractivity contribution in [2.24, 2.45) is 5.73 Å². The van der Waals surface area contributed by atoms with Crippen LogP contribution in [0.1, 0.15) is 49.2 Å². The number of nitrogens with two attached hydrogens (primary N) is 1. The Bertz CT molecular complexity index is 1050.